The number of rotatable bonds is 5. The Hall–Kier alpha value is -2.19. The van der Waals surface area contributed by atoms with Crippen LogP contribution < -0.4 is 11.1 Å². The van der Waals surface area contributed by atoms with Crippen LogP contribution in [0.4, 0.5) is 0 Å². The largest absolute Gasteiger partial charge is 0.369 e. The molecule has 1 aliphatic carbocycles. The van der Waals surface area contributed by atoms with E-state index in [0.29, 0.717) is 6.54 Å². The third-order valence-corrected chi connectivity index (χ3v) is 7.67. The predicted molar refractivity (Wildman–Crippen MR) is 107 cm³/mol. The molecule has 154 valence electrons. The minimum Gasteiger partial charge on any atom is -0.369 e. The number of primary amides is 1. The molecule has 1 aromatic rings. The van der Waals surface area contributed by atoms with Crippen molar-refractivity contribution < 1.29 is 19.1 Å². The normalized spacial score (nSPS) is 35.9. The van der Waals surface area contributed by atoms with Crippen molar-refractivity contribution in [1.82, 2.24) is 10.2 Å². The van der Waals surface area contributed by atoms with Crippen molar-refractivity contribution in [3.05, 3.63) is 34.5 Å². The van der Waals surface area contributed by atoms with E-state index >= 15 is 0 Å². The number of hydrogen-bond donors (Lipinski definition) is 2. The summed E-state index contributed by atoms with van der Waals surface area (Å²) in [5.41, 5.74) is 4.52. The predicted octanol–water partition coefficient (Wildman–Crippen LogP) is 1.33. The molecule has 1 saturated carbocycles. The summed E-state index contributed by atoms with van der Waals surface area (Å²) in [6, 6.07) is 3.19. The summed E-state index contributed by atoms with van der Waals surface area (Å²) >= 11 is 1.54. The SMILES string of the molecule is NC(=O)[C@H]1[C@H]2C(=O)N(Cc3cccs3)[C@H](C(=O)NC3CCCCC3)[C@@]23C=C[C@H]1O3. The fourth-order valence-corrected chi connectivity index (χ4v) is 6.26. The molecule has 4 aliphatic rings. The van der Waals surface area contributed by atoms with Crippen LogP contribution in [-0.4, -0.2) is 46.4 Å². The molecule has 0 unspecified atom stereocenters. The highest BCUT2D eigenvalue weighted by molar-refractivity contribution is 7.09. The Kier molecular flexibility index (Phi) is 4.51. The molecule has 5 atom stereocenters. The molecule has 3 amide bonds. The minimum atomic E-state index is -1.11. The standard InChI is InChI=1S/C21H25N3O4S/c22-18(25)15-14-8-9-21(28-14)16(15)20(27)24(11-13-7-4-10-29-13)17(21)19(26)23-12-5-2-1-3-6-12/h4,7-10,12,14-17H,1-3,5-6,11H2,(H2,22,25)(H,23,26)/t14-,15-,16+,17-,21-/m1/s1. The fraction of sp³-hybridized carbons (Fsp3) is 0.571. The first kappa shape index (κ1) is 18.8. The number of carbonyl (C=O) groups is 3. The van der Waals surface area contributed by atoms with Gasteiger partial charge >= 0.3 is 0 Å². The Bertz CT molecular complexity index is 863. The molecule has 5 rings (SSSR count). The monoisotopic (exact) mass is 415 g/mol. The number of fused-ring (bicyclic) bond motifs is 1. The number of likely N-dealkylation sites (tertiary alicyclic amines) is 1. The van der Waals surface area contributed by atoms with Gasteiger partial charge in [0.1, 0.15) is 11.6 Å². The fourth-order valence-electron chi connectivity index (χ4n) is 5.56. The van der Waals surface area contributed by atoms with Gasteiger partial charge in [0.15, 0.2) is 0 Å². The molecule has 4 heterocycles. The maximum Gasteiger partial charge on any atom is 0.246 e. The number of amides is 3. The molecule has 7 nitrogen and oxygen atoms in total. The lowest BCUT2D eigenvalue weighted by molar-refractivity contribution is -0.142. The Labute approximate surface area is 173 Å². The average Bonchev–Trinajstić information content (AvgIpc) is 3.45. The van der Waals surface area contributed by atoms with Crippen LogP contribution in [0.3, 0.4) is 0 Å². The van der Waals surface area contributed by atoms with Crippen molar-refractivity contribution in [3.8, 4) is 0 Å². The number of nitrogens with one attached hydrogen (secondary N) is 1. The van der Waals surface area contributed by atoms with Crippen LogP contribution in [0, 0.1) is 11.8 Å². The highest BCUT2D eigenvalue weighted by atomic mass is 32.1. The quantitative estimate of drug-likeness (QED) is 0.709. The van der Waals surface area contributed by atoms with E-state index < -0.39 is 35.5 Å². The molecule has 1 aromatic heterocycles. The van der Waals surface area contributed by atoms with Gasteiger partial charge in [-0.25, -0.2) is 0 Å². The first-order valence-corrected chi connectivity index (χ1v) is 11.2. The number of carbonyl (C=O) groups excluding carboxylic acids is 3. The molecule has 0 aromatic carbocycles. The molecule has 3 N–H and O–H groups in total. The molecular weight excluding hydrogens is 390 g/mol. The van der Waals surface area contributed by atoms with Gasteiger partial charge in [0, 0.05) is 10.9 Å². The first-order chi connectivity index (χ1) is 14.0. The molecule has 3 fully saturated rings. The van der Waals surface area contributed by atoms with E-state index in [1.165, 1.54) is 17.8 Å². The van der Waals surface area contributed by atoms with Crippen molar-refractivity contribution in [2.75, 3.05) is 0 Å². The van der Waals surface area contributed by atoms with E-state index in [1.807, 2.05) is 23.6 Å². The zero-order chi connectivity index (χ0) is 20.2. The van der Waals surface area contributed by atoms with Gasteiger partial charge in [0.05, 0.1) is 24.5 Å². The van der Waals surface area contributed by atoms with Gasteiger partial charge in [-0.2, -0.15) is 0 Å². The molecule has 1 spiro atoms. The smallest absolute Gasteiger partial charge is 0.246 e. The van der Waals surface area contributed by atoms with Crippen LogP contribution in [-0.2, 0) is 25.7 Å². The molecule has 0 radical (unpaired) electrons. The second-order valence-corrected chi connectivity index (χ2v) is 9.52. The maximum absolute atomic E-state index is 13.5. The van der Waals surface area contributed by atoms with E-state index in [9.17, 15) is 14.4 Å². The third kappa shape index (κ3) is 2.84. The number of hydrogen-bond acceptors (Lipinski definition) is 5. The summed E-state index contributed by atoms with van der Waals surface area (Å²) in [6.07, 6.45) is 8.38. The van der Waals surface area contributed by atoms with E-state index in [0.717, 1.165) is 30.6 Å². The van der Waals surface area contributed by atoms with E-state index in [-0.39, 0.29) is 17.9 Å². The van der Waals surface area contributed by atoms with Crippen LogP contribution in [0.5, 0.6) is 0 Å². The summed E-state index contributed by atoms with van der Waals surface area (Å²) in [5, 5.41) is 5.11. The molecule has 29 heavy (non-hydrogen) atoms. The highest BCUT2D eigenvalue weighted by Crippen LogP contribution is 2.55. The van der Waals surface area contributed by atoms with E-state index in [1.54, 1.807) is 11.0 Å². The lowest BCUT2D eigenvalue weighted by atomic mass is 9.74. The highest BCUT2D eigenvalue weighted by Gasteiger charge is 2.72. The Morgan fingerprint density at radius 3 is 2.79 bits per heavy atom. The summed E-state index contributed by atoms with van der Waals surface area (Å²) in [6.45, 7) is 0.324. The van der Waals surface area contributed by atoms with E-state index in [4.69, 9.17) is 10.5 Å². The van der Waals surface area contributed by atoms with Crippen LogP contribution in [0.1, 0.15) is 37.0 Å². The summed E-state index contributed by atoms with van der Waals surface area (Å²) in [5.74, 6) is -2.44. The van der Waals surface area contributed by atoms with Crippen LogP contribution in [0.2, 0.25) is 0 Å². The van der Waals surface area contributed by atoms with Crippen LogP contribution >= 0.6 is 11.3 Å². The van der Waals surface area contributed by atoms with Gasteiger partial charge in [0.2, 0.25) is 17.7 Å². The summed E-state index contributed by atoms with van der Waals surface area (Å²) in [7, 11) is 0. The lowest BCUT2D eigenvalue weighted by Gasteiger charge is -2.34. The zero-order valence-corrected chi connectivity index (χ0v) is 16.9. The number of ether oxygens (including phenoxy) is 1. The first-order valence-electron chi connectivity index (χ1n) is 10.3. The molecule has 8 heteroatoms. The van der Waals surface area contributed by atoms with Gasteiger partial charge in [-0.05, 0) is 24.3 Å². The third-order valence-electron chi connectivity index (χ3n) is 6.81. The van der Waals surface area contributed by atoms with Crippen LogP contribution in [0.25, 0.3) is 0 Å². The van der Waals surface area contributed by atoms with E-state index in [2.05, 4.69) is 5.32 Å². The maximum atomic E-state index is 13.5. The Morgan fingerprint density at radius 1 is 1.31 bits per heavy atom. The van der Waals surface area contributed by atoms with Crippen molar-refractivity contribution in [3.63, 3.8) is 0 Å². The Morgan fingerprint density at radius 2 is 2.10 bits per heavy atom. The van der Waals surface area contributed by atoms with Gasteiger partial charge in [-0.1, -0.05) is 37.5 Å². The van der Waals surface area contributed by atoms with Crippen LogP contribution in [0.15, 0.2) is 29.7 Å². The zero-order valence-electron chi connectivity index (χ0n) is 16.1. The van der Waals surface area contributed by atoms with Crippen molar-refractivity contribution in [2.45, 2.75) is 62.4 Å². The summed E-state index contributed by atoms with van der Waals surface area (Å²) < 4.78 is 6.17. The minimum absolute atomic E-state index is 0.125. The molecule has 2 bridgehead atoms. The second kappa shape index (κ2) is 6.95. The Balaban J connectivity index is 1.49. The molecule has 3 aliphatic heterocycles. The van der Waals surface area contributed by atoms with Crippen molar-refractivity contribution in [2.24, 2.45) is 17.6 Å². The molecular formula is C21H25N3O4S. The van der Waals surface area contributed by atoms with Gasteiger partial charge < -0.3 is 20.7 Å². The van der Waals surface area contributed by atoms with Gasteiger partial charge in [-0.3, -0.25) is 14.4 Å². The van der Waals surface area contributed by atoms with Gasteiger partial charge in [-0.15, -0.1) is 11.3 Å². The van der Waals surface area contributed by atoms with Crippen molar-refractivity contribution >= 4 is 29.1 Å². The second-order valence-electron chi connectivity index (χ2n) is 8.49. The number of nitrogens with two attached hydrogens (primary N) is 1. The topological polar surface area (TPSA) is 102 Å². The molecule has 2 saturated heterocycles. The number of nitrogens with zero attached hydrogens (tertiary/aromatic N) is 1. The summed E-state index contributed by atoms with van der Waals surface area (Å²) in [4.78, 5) is 41.6. The average molecular weight is 416 g/mol. The number of thiophene rings is 1. The lowest BCUT2D eigenvalue weighted by Crippen LogP contribution is -2.56. The van der Waals surface area contributed by atoms with Gasteiger partial charge in [0.25, 0.3) is 0 Å². The van der Waals surface area contributed by atoms with Crippen molar-refractivity contribution in [1.29, 1.82) is 0 Å².